The van der Waals surface area contributed by atoms with Crippen molar-refractivity contribution in [1.82, 2.24) is 0 Å². The van der Waals surface area contributed by atoms with Crippen LogP contribution in [0.15, 0.2) is 54.6 Å². The van der Waals surface area contributed by atoms with Crippen LogP contribution in [0.4, 0.5) is 5.69 Å². The first-order chi connectivity index (χ1) is 8.68. The first-order valence-electron chi connectivity index (χ1n) is 5.51. The lowest BCUT2D eigenvalue weighted by atomic mass is 10.0. The lowest BCUT2D eigenvalue weighted by Gasteiger charge is -2.10. The molecule has 0 amide bonds. The van der Waals surface area contributed by atoms with E-state index in [9.17, 15) is 9.90 Å². The highest BCUT2D eigenvalue weighted by atomic mass is 16.4. The molecule has 0 bridgehead atoms. The first kappa shape index (κ1) is 11.9. The van der Waals surface area contributed by atoms with Crippen LogP contribution in [-0.4, -0.2) is 5.97 Å². The second-order valence-electron chi connectivity index (χ2n) is 3.84. The van der Waals surface area contributed by atoms with Gasteiger partial charge in [-0.2, -0.15) is 0 Å². The van der Waals surface area contributed by atoms with Gasteiger partial charge in [0.2, 0.25) is 0 Å². The molecule has 0 aromatic heterocycles. The van der Waals surface area contributed by atoms with Crippen LogP contribution >= 0.6 is 0 Å². The van der Waals surface area contributed by atoms with E-state index in [1.165, 1.54) is 6.08 Å². The molecular formula is C15H12NO2-. The summed E-state index contributed by atoms with van der Waals surface area (Å²) in [7, 11) is 0. The second kappa shape index (κ2) is 5.19. The molecule has 0 fully saturated rings. The topological polar surface area (TPSA) is 66.2 Å². The molecule has 0 unspecified atom stereocenters. The number of carbonyl (C=O) groups is 1. The molecule has 0 atom stereocenters. The Bertz CT molecular complexity index is 588. The predicted molar refractivity (Wildman–Crippen MR) is 70.2 cm³/mol. The molecule has 2 aromatic carbocycles. The van der Waals surface area contributed by atoms with Gasteiger partial charge in [-0.1, -0.05) is 48.5 Å². The van der Waals surface area contributed by atoms with Gasteiger partial charge in [-0.25, -0.2) is 0 Å². The zero-order valence-corrected chi connectivity index (χ0v) is 9.67. The van der Waals surface area contributed by atoms with E-state index in [0.717, 1.165) is 0 Å². The number of aliphatic carboxylic acids is 1. The van der Waals surface area contributed by atoms with E-state index in [4.69, 9.17) is 5.73 Å². The van der Waals surface area contributed by atoms with E-state index in [0.29, 0.717) is 16.8 Å². The molecule has 0 spiro atoms. The molecule has 2 rings (SSSR count). The lowest BCUT2D eigenvalue weighted by Crippen LogP contribution is -2.23. The van der Waals surface area contributed by atoms with E-state index >= 15 is 0 Å². The zero-order valence-electron chi connectivity index (χ0n) is 9.67. The molecule has 90 valence electrons. The zero-order chi connectivity index (χ0) is 13.0. The largest absolute Gasteiger partial charge is 0.545 e. The maximum atomic E-state index is 11.2. The predicted octanol–water partition coefficient (Wildman–Crippen LogP) is 1.56. The molecule has 0 aliphatic rings. The molecule has 3 nitrogen and oxygen atoms in total. The van der Waals surface area contributed by atoms with Crippen LogP contribution < -0.4 is 10.8 Å². The van der Waals surface area contributed by atoms with Crippen molar-refractivity contribution in [2.75, 3.05) is 5.73 Å². The first-order valence-corrected chi connectivity index (χ1v) is 5.51. The number of nitrogen functional groups attached to an aromatic ring is 1. The third-order valence-electron chi connectivity index (χ3n) is 2.60. The summed E-state index contributed by atoms with van der Waals surface area (Å²) in [6.45, 7) is 0. The number of benzene rings is 2. The molecule has 0 saturated heterocycles. The van der Waals surface area contributed by atoms with Gasteiger partial charge in [0.25, 0.3) is 0 Å². The molecule has 0 aliphatic carbocycles. The van der Waals surface area contributed by atoms with Gasteiger partial charge in [0, 0.05) is 11.3 Å². The van der Waals surface area contributed by atoms with Crippen LogP contribution in [-0.2, 0) is 4.79 Å². The van der Waals surface area contributed by atoms with Crippen LogP contribution in [0.2, 0.25) is 0 Å². The number of rotatable bonds is 3. The SMILES string of the molecule is Nc1ccccc1C=C(C(=O)[O-])c1ccccc1. The average molecular weight is 238 g/mol. The van der Waals surface area contributed by atoms with Gasteiger partial charge < -0.3 is 15.6 Å². The number of para-hydroxylation sites is 1. The number of anilines is 1. The standard InChI is InChI=1S/C15H13NO2/c16-14-9-5-4-8-12(14)10-13(15(17)18)11-6-2-1-3-7-11/h1-10H,16H2,(H,17,18)/p-1. The van der Waals surface area contributed by atoms with Crippen molar-refractivity contribution in [3.8, 4) is 0 Å². The van der Waals surface area contributed by atoms with Gasteiger partial charge in [0.15, 0.2) is 0 Å². The number of carboxylic acids is 1. The van der Waals surface area contributed by atoms with Gasteiger partial charge in [-0.15, -0.1) is 0 Å². The highest BCUT2D eigenvalue weighted by Gasteiger charge is 2.03. The van der Waals surface area contributed by atoms with Crippen LogP contribution in [0.1, 0.15) is 11.1 Å². The van der Waals surface area contributed by atoms with E-state index < -0.39 is 5.97 Å². The van der Waals surface area contributed by atoms with Gasteiger partial charge in [0.05, 0.1) is 5.97 Å². The number of hydrogen-bond acceptors (Lipinski definition) is 3. The van der Waals surface area contributed by atoms with Crippen molar-refractivity contribution in [1.29, 1.82) is 0 Å². The summed E-state index contributed by atoms with van der Waals surface area (Å²) in [6.07, 6.45) is 1.53. The summed E-state index contributed by atoms with van der Waals surface area (Å²) in [4.78, 5) is 11.2. The minimum absolute atomic E-state index is 0.119. The monoisotopic (exact) mass is 238 g/mol. The maximum absolute atomic E-state index is 11.2. The molecule has 0 heterocycles. The van der Waals surface area contributed by atoms with E-state index in [2.05, 4.69) is 0 Å². The van der Waals surface area contributed by atoms with Crippen molar-refractivity contribution in [2.24, 2.45) is 0 Å². The van der Waals surface area contributed by atoms with Crippen LogP contribution in [0.25, 0.3) is 11.6 Å². The van der Waals surface area contributed by atoms with Crippen molar-refractivity contribution >= 4 is 23.3 Å². The van der Waals surface area contributed by atoms with Crippen molar-refractivity contribution in [3.63, 3.8) is 0 Å². The molecule has 2 aromatic rings. The molecular weight excluding hydrogens is 226 g/mol. The summed E-state index contributed by atoms with van der Waals surface area (Å²) in [6, 6.07) is 15.9. The third-order valence-corrected chi connectivity index (χ3v) is 2.60. The Morgan fingerprint density at radius 3 is 2.22 bits per heavy atom. The molecule has 0 radical (unpaired) electrons. The van der Waals surface area contributed by atoms with E-state index in [1.807, 2.05) is 6.07 Å². The molecule has 3 heteroatoms. The van der Waals surface area contributed by atoms with Gasteiger partial charge in [0.1, 0.15) is 0 Å². The van der Waals surface area contributed by atoms with Crippen LogP contribution in [0, 0.1) is 0 Å². The van der Waals surface area contributed by atoms with Gasteiger partial charge in [-0.05, 0) is 23.3 Å². The molecule has 0 saturated carbocycles. The van der Waals surface area contributed by atoms with Crippen LogP contribution in [0.5, 0.6) is 0 Å². The summed E-state index contributed by atoms with van der Waals surface area (Å²) >= 11 is 0. The summed E-state index contributed by atoms with van der Waals surface area (Å²) < 4.78 is 0. The number of carboxylic acid groups (broad SMARTS) is 1. The lowest BCUT2D eigenvalue weighted by molar-refractivity contribution is -0.295. The minimum Gasteiger partial charge on any atom is -0.545 e. The quantitative estimate of drug-likeness (QED) is 0.501. The molecule has 18 heavy (non-hydrogen) atoms. The fraction of sp³-hybridized carbons (Fsp3) is 0. The average Bonchev–Trinajstić information content (AvgIpc) is 2.38. The highest BCUT2D eigenvalue weighted by molar-refractivity contribution is 6.19. The third kappa shape index (κ3) is 2.58. The number of nitrogens with two attached hydrogens (primary N) is 1. The van der Waals surface area contributed by atoms with Gasteiger partial charge >= 0.3 is 0 Å². The second-order valence-corrected chi connectivity index (χ2v) is 3.84. The summed E-state index contributed by atoms with van der Waals surface area (Å²) in [5.41, 5.74) is 7.71. The smallest absolute Gasteiger partial charge is 0.0721 e. The van der Waals surface area contributed by atoms with E-state index in [-0.39, 0.29) is 5.57 Å². The Labute approximate surface area is 105 Å². The van der Waals surface area contributed by atoms with Crippen molar-refractivity contribution in [3.05, 3.63) is 65.7 Å². The summed E-state index contributed by atoms with van der Waals surface area (Å²) in [5.74, 6) is -1.22. The maximum Gasteiger partial charge on any atom is 0.0721 e. The Morgan fingerprint density at radius 2 is 1.61 bits per heavy atom. The fourth-order valence-electron chi connectivity index (χ4n) is 1.68. The molecule has 2 N–H and O–H groups in total. The summed E-state index contributed by atoms with van der Waals surface area (Å²) in [5, 5.41) is 11.2. The van der Waals surface area contributed by atoms with Crippen molar-refractivity contribution < 1.29 is 9.90 Å². The minimum atomic E-state index is -1.22. The molecule has 0 aliphatic heterocycles. The Kier molecular flexibility index (Phi) is 3.44. The number of hydrogen-bond donors (Lipinski definition) is 1. The van der Waals surface area contributed by atoms with Crippen LogP contribution in [0.3, 0.4) is 0 Å². The Morgan fingerprint density at radius 1 is 1.00 bits per heavy atom. The fourth-order valence-corrected chi connectivity index (χ4v) is 1.68. The Balaban J connectivity index is 2.50. The van der Waals surface area contributed by atoms with E-state index in [1.54, 1.807) is 48.5 Å². The number of carbonyl (C=O) groups excluding carboxylic acids is 1. The highest BCUT2D eigenvalue weighted by Crippen LogP contribution is 2.20. The normalized spacial score (nSPS) is 11.2. The van der Waals surface area contributed by atoms with Gasteiger partial charge in [-0.3, -0.25) is 0 Å². The van der Waals surface area contributed by atoms with Crippen molar-refractivity contribution in [2.45, 2.75) is 0 Å². The Hall–Kier alpha value is -2.55.